The Morgan fingerprint density at radius 1 is 1.27 bits per heavy atom. The average molecular weight is 313 g/mol. The molecule has 0 saturated carbocycles. The maximum absolute atomic E-state index is 5.79. The van der Waals surface area contributed by atoms with Crippen molar-refractivity contribution in [3.63, 3.8) is 0 Å². The number of nitrogens with zero attached hydrogens (tertiary/aromatic N) is 1. The van der Waals surface area contributed by atoms with Gasteiger partial charge in [-0.1, -0.05) is 12.1 Å². The lowest BCUT2D eigenvalue weighted by Crippen LogP contribution is -2.07. The summed E-state index contributed by atoms with van der Waals surface area (Å²) < 4.78 is 6.89. The van der Waals surface area contributed by atoms with Gasteiger partial charge in [0.2, 0.25) is 0 Å². The molecule has 0 aliphatic heterocycles. The van der Waals surface area contributed by atoms with Gasteiger partial charge in [-0.15, -0.1) is 0 Å². The van der Waals surface area contributed by atoms with Crippen LogP contribution < -0.4 is 4.74 Å². The van der Waals surface area contributed by atoms with Crippen LogP contribution in [-0.2, 0) is 0 Å². The highest BCUT2D eigenvalue weighted by atomic mass is 127. The minimum atomic E-state index is 0.172. The average Bonchev–Trinajstić information content (AvgIpc) is 2.22. The second-order valence-electron chi connectivity index (χ2n) is 3.62. The van der Waals surface area contributed by atoms with Crippen molar-refractivity contribution in [3.8, 4) is 5.75 Å². The normalized spacial score (nSPS) is 10.9. The highest BCUT2D eigenvalue weighted by Gasteiger charge is 2.09. The van der Waals surface area contributed by atoms with Crippen LogP contribution in [0.3, 0.4) is 0 Å². The number of hydrogen-bond donors (Lipinski definition) is 0. The SMILES string of the molecule is CC(C)Oc1c(I)ccc2cccnc12. The largest absolute Gasteiger partial charge is 0.488 e. The Bertz CT molecular complexity index is 482. The predicted octanol–water partition coefficient (Wildman–Crippen LogP) is 3.63. The number of halogens is 1. The van der Waals surface area contributed by atoms with E-state index in [9.17, 15) is 0 Å². The van der Waals surface area contributed by atoms with Crippen molar-refractivity contribution in [1.82, 2.24) is 4.98 Å². The van der Waals surface area contributed by atoms with Crippen molar-refractivity contribution in [3.05, 3.63) is 34.0 Å². The van der Waals surface area contributed by atoms with Crippen LogP contribution >= 0.6 is 22.6 Å². The van der Waals surface area contributed by atoms with Crippen LogP contribution in [0.1, 0.15) is 13.8 Å². The first-order valence-electron chi connectivity index (χ1n) is 4.88. The molecule has 0 saturated heterocycles. The van der Waals surface area contributed by atoms with Gasteiger partial charge in [0.05, 0.1) is 9.67 Å². The van der Waals surface area contributed by atoms with Gasteiger partial charge in [0.15, 0.2) is 5.75 Å². The number of rotatable bonds is 2. The molecule has 0 radical (unpaired) electrons. The van der Waals surface area contributed by atoms with Crippen LogP contribution in [0.2, 0.25) is 0 Å². The molecule has 0 spiro atoms. The first-order valence-corrected chi connectivity index (χ1v) is 5.96. The van der Waals surface area contributed by atoms with E-state index in [0.717, 1.165) is 20.2 Å². The monoisotopic (exact) mass is 313 g/mol. The van der Waals surface area contributed by atoms with E-state index in [1.807, 2.05) is 26.0 Å². The summed E-state index contributed by atoms with van der Waals surface area (Å²) in [4.78, 5) is 4.37. The molecule has 2 aromatic rings. The minimum Gasteiger partial charge on any atom is -0.488 e. The maximum atomic E-state index is 5.79. The lowest BCUT2D eigenvalue weighted by atomic mass is 10.2. The zero-order valence-electron chi connectivity index (χ0n) is 8.70. The summed E-state index contributed by atoms with van der Waals surface area (Å²) in [7, 11) is 0. The molecular formula is C12H12INO. The number of hydrogen-bond acceptors (Lipinski definition) is 2. The van der Waals surface area contributed by atoms with Gasteiger partial charge in [-0.3, -0.25) is 4.98 Å². The molecule has 1 aromatic carbocycles. The molecule has 15 heavy (non-hydrogen) atoms. The van der Waals surface area contributed by atoms with Crippen LogP contribution in [0.4, 0.5) is 0 Å². The molecule has 1 heterocycles. The lowest BCUT2D eigenvalue weighted by molar-refractivity contribution is 0.243. The Morgan fingerprint density at radius 3 is 2.80 bits per heavy atom. The topological polar surface area (TPSA) is 22.1 Å². The van der Waals surface area contributed by atoms with Crippen LogP contribution in [0.25, 0.3) is 10.9 Å². The van der Waals surface area contributed by atoms with Crippen LogP contribution in [0, 0.1) is 3.57 Å². The quantitative estimate of drug-likeness (QED) is 0.790. The highest BCUT2D eigenvalue weighted by Crippen LogP contribution is 2.29. The predicted molar refractivity (Wildman–Crippen MR) is 70.2 cm³/mol. The molecule has 1 aromatic heterocycles. The maximum Gasteiger partial charge on any atom is 0.159 e. The van der Waals surface area contributed by atoms with E-state index in [1.54, 1.807) is 6.20 Å². The number of fused-ring (bicyclic) bond motifs is 1. The first-order chi connectivity index (χ1) is 7.18. The molecular weight excluding hydrogens is 301 g/mol. The van der Waals surface area contributed by atoms with Crippen molar-refractivity contribution in [2.75, 3.05) is 0 Å². The zero-order chi connectivity index (χ0) is 10.8. The fourth-order valence-corrected chi connectivity index (χ4v) is 2.00. The summed E-state index contributed by atoms with van der Waals surface area (Å²) in [5, 5.41) is 1.12. The minimum absolute atomic E-state index is 0.172. The number of pyridine rings is 1. The van der Waals surface area contributed by atoms with E-state index in [-0.39, 0.29) is 6.10 Å². The number of benzene rings is 1. The Kier molecular flexibility index (Phi) is 3.09. The van der Waals surface area contributed by atoms with Gasteiger partial charge in [0.1, 0.15) is 5.52 Å². The first kappa shape index (κ1) is 10.7. The van der Waals surface area contributed by atoms with E-state index in [2.05, 4.69) is 39.7 Å². The van der Waals surface area contributed by atoms with Crippen molar-refractivity contribution in [2.45, 2.75) is 20.0 Å². The summed E-state index contributed by atoms with van der Waals surface area (Å²) in [5.41, 5.74) is 0.943. The summed E-state index contributed by atoms with van der Waals surface area (Å²) in [5.74, 6) is 0.892. The molecule has 0 aliphatic rings. The Hall–Kier alpha value is -0.840. The van der Waals surface area contributed by atoms with E-state index < -0.39 is 0 Å². The molecule has 2 rings (SSSR count). The fraction of sp³-hybridized carbons (Fsp3) is 0.250. The van der Waals surface area contributed by atoms with E-state index in [4.69, 9.17) is 4.74 Å². The van der Waals surface area contributed by atoms with Crippen molar-refractivity contribution >= 4 is 33.5 Å². The van der Waals surface area contributed by atoms with Crippen LogP contribution in [0.15, 0.2) is 30.5 Å². The third kappa shape index (κ3) is 2.22. The van der Waals surface area contributed by atoms with E-state index in [1.165, 1.54) is 0 Å². The second-order valence-corrected chi connectivity index (χ2v) is 4.78. The third-order valence-corrected chi connectivity index (χ3v) is 2.88. The molecule has 0 bridgehead atoms. The van der Waals surface area contributed by atoms with Gasteiger partial charge in [0, 0.05) is 11.6 Å². The van der Waals surface area contributed by atoms with Gasteiger partial charge in [0.25, 0.3) is 0 Å². The molecule has 78 valence electrons. The molecule has 0 fully saturated rings. The van der Waals surface area contributed by atoms with Crippen LogP contribution in [-0.4, -0.2) is 11.1 Å². The second kappa shape index (κ2) is 4.35. The Balaban J connectivity index is 2.63. The molecule has 2 nitrogen and oxygen atoms in total. The number of aromatic nitrogens is 1. The molecule has 0 atom stereocenters. The molecule has 0 aliphatic carbocycles. The van der Waals surface area contributed by atoms with Gasteiger partial charge < -0.3 is 4.74 Å². The molecule has 3 heteroatoms. The zero-order valence-corrected chi connectivity index (χ0v) is 10.9. The van der Waals surface area contributed by atoms with E-state index >= 15 is 0 Å². The Morgan fingerprint density at radius 2 is 2.07 bits per heavy atom. The van der Waals surface area contributed by atoms with Gasteiger partial charge in [-0.05, 0) is 48.6 Å². The van der Waals surface area contributed by atoms with Crippen molar-refractivity contribution in [2.24, 2.45) is 0 Å². The Labute approximate surface area is 103 Å². The van der Waals surface area contributed by atoms with Crippen LogP contribution in [0.5, 0.6) is 5.75 Å². The highest BCUT2D eigenvalue weighted by molar-refractivity contribution is 14.1. The van der Waals surface area contributed by atoms with Gasteiger partial charge in [-0.25, -0.2) is 0 Å². The molecule has 0 N–H and O–H groups in total. The summed E-state index contributed by atoms with van der Waals surface area (Å²) in [6, 6.07) is 8.11. The standard InChI is InChI=1S/C12H12INO/c1-8(2)15-12-10(13)6-5-9-4-3-7-14-11(9)12/h3-8H,1-2H3. The smallest absolute Gasteiger partial charge is 0.159 e. The lowest BCUT2D eigenvalue weighted by Gasteiger charge is -2.13. The third-order valence-electron chi connectivity index (χ3n) is 2.03. The fourth-order valence-electron chi connectivity index (χ4n) is 1.44. The summed E-state index contributed by atoms with van der Waals surface area (Å²) >= 11 is 2.28. The summed E-state index contributed by atoms with van der Waals surface area (Å²) in [6.45, 7) is 4.05. The molecule has 0 amide bonds. The number of ether oxygens (including phenoxy) is 1. The van der Waals surface area contributed by atoms with Gasteiger partial charge in [-0.2, -0.15) is 0 Å². The summed E-state index contributed by atoms with van der Waals surface area (Å²) in [6.07, 6.45) is 1.97. The van der Waals surface area contributed by atoms with Gasteiger partial charge >= 0.3 is 0 Å². The van der Waals surface area contributed by atoms with Crippen molar-refractivity contribution in [1.29, 1.82) is 0 Å². The van der Waals surface area contributed by atoms with E-state index in [0.29, 0.717) is 0 Å². The molecule has 0 unspecified atom stereocenters. The van der Waals surface area contributed by atoms with Crippen molar-refractivity contribution < 1.29 is 4.74 Å².